The van der Waals surface area contributed by atoms with Crippen molar-refractivity contribution in [3.05, 3.63) is 48.0 Å². The Bertz CT molecular complexity index is 599. The maximum absolute atomic E-state index is 12.2. The van der Waals surface area contributed by atoms with Crippen LogP contribution in [0.2, 0.25) is 0 Å². The molecule has 1 saturated carbocycles. The van der Waals surface area contributed by atoms with Crippen molar-refractivity contribution in [3.8, 4) is 0 Å². The molecule has 0 N–H and O–H groups in total. The van der Waals surface area contributed by atoms with Gasteiger partial charge in [-0.1, -0.05) is 64.8 Å². The number of alkyl halides is 1. The molecule has 0 radical (unpaired) electrons. The van der Waals surface area contributed by atoms with E-state index >= 15 is 0 Å². The van der Waals surface area contributed by atoms with Crippen LogP contribution in [0.15, 0.2) is 42.5 Å². The molecular weight excluding hydrogens is 288 g/mol. The highest BCUT2D eigenvalue weighted by atomic mass is 79.9. The topological polar surface area (TPSA) is 17.1 Å². The molecule has 1 aliphatic carbocycles. The lowest BCUT2D eigenvalue weighted by Gasteiger charge is -2.40. The standard InChI is InChI=1S/C16H15BrO/c17-11-15(18)16(8-3-9-16)14-7-6-12-4-1-2-5-13(12)10-14/h1-2,4-7,10H,3,8-9,11H2. The van der Waals surface area contributed by atoms with Gasteiger partial charge in [0.15, 0.2) is 5.78 Å². The van der Waals surface area contributed by atoms with Gasteiger partial charge < -0.3 is 0 Å². The fraction of sp³-hybridized carbons (Fsp3) is 0.312. The number of benzene rings is 2. The van der Waals surface area contributed by atoms with Crippen LogP contribution in [0.25, 0.3) is 10.8 Å². The number of Topliss-reactive ketones (excluding diaryl/α,β-unsaturated/α-hetero) is 1. The van der Waals surface area contributed by atoms with Crippen molar-refractivity contribution < 1.29 is 4.79 Å². The second kappa shape index (κ2) is 4.51. The summed E-state index contributed by atoms with van der Waals surface area (Å²) >= 11 is 3.32. The van der Waals surface area contributed by atoms with E-state index in [0.717, 1.165) is 19.3 Å². The summed E-state index contributed by atoms with van der Waals surface area (Å²) in [6, 6.07) is 14.8. The smallest absolute Gasteiger partial charge is 0.153 e. The first-order valence-electron chi connectivity index (χ1n) is 6.35. The highest BCUT2D eigenvalue weighted by molar-refractivity contribution is 9.09. The number of hydrogen-bond donors (Lipinski definition) is 0. The van der Waals surface area contributed by atoms with Crippen LogP contribution in [-0.2, 0) is 10.2 Å². The third-order valence-corrected chi connectivity index (χ3v) is 4.67. The number of rotatable bonds is 3. The Morgan fingerprint density at radius 3 is 2.44 bits per heavy atom. The number of ketones is 1. The van der Waals surface area contributed by atoms with E-state index in [4.69, 9.17) is 0 Å². The maximum Gasteiger partial charge on any atom is 0.153 e. The number of fused-ring (bicyclic) bond motifs is 1. The van der Waals surface area contributed by atoms with Crippen LogP contribution in [0.1, 0.15) is 24.8 Å². The fourth-order valence-electron chi connectivity index (χ4n) is 2.87. The lowest BCUT2D eigenvalue weighted by molar-refractivity contribution is -0.124. The van der Waals surface area contributed by atoms with Crippen molar-refractivity contribution >= 4 is 32.5 Å². The van der Waals surface area contributed by atoms with E-state index < -0.39 is 0 Å². The van der Waals surface area contributed by atoms with Crippen molar-refractivity contribution in [1.29, 1.82) is 0 Å². The lowest BCUT2D eigenvalue weighted by Crippen LogP contribution is -2.43. The van der Waals surface area contributed by atoms with Gasteiger partial charge in [-0.05, 0) is 29.2 Å². The van der Waals surface area contributed by atoms with E-state index in [1.165, 1.54) is 16.3 Å². The highest BCUT2D eigenvalue weighted by Crippen LogP contribution is 2.45. The average molecular weight is 303 g/mol. The van der Waals surface area contributed by atoms with E-state index in [2.05, 4.69) is 46.3 Å². The zero-order valence-electron chi connectivity index (χ0n) is 10.2. The molecule has 2 aromatic carbocycles. The number of hydrogen-bond acceptors (Lipinski definition) is 1. The molecule has 1 aliphatic rings. The monoisotopic (exact) mass is 302 g/mol. The third kappa shape index (κ3) is 1.71. The van der Waals surface area contributed by atoms with E-state index in [-0.39, 0.29) is 5.41 Å². The molecule has 0 amide bonds. The Kier molecular flexibility index (Phi) is 2.98. The zero-order chi connectivity index (χ0) is 12.6. The van der Waals surface area contributed by atoms with Crippen LogP contribution in [0.5, 0.6) is 0 Å². The Hall–Kier alpha value is -1.15. The minimum absolute atomic E-state index is 0.215. The van der Waals surface area contributed by atoms with E-state index in [1.54, 1.807) is 0 Å². The summed E-state index contributed by atoms with van der Waals surface area (Å²) in [5.41, 5.74) is 0.977. The molecule has 92 valence electrons. The summed E-state index contributed by atoms with van der Waals surface area (Å²) in [4.78, 5) is 12.2. The van der Waals surface area contributed by atoms with Crippen molar-refractivity contribution in [1.82, 2.24) is 0 Å². The van der Waals surface area contributed by atoms with E-state index in [1.807, 2.05) is 12.1 Å². The molecule has 0 saturated heterocycles. The summed E-state index contributed by atoms with van der Waals surface area (Å²) in [5, 5.41) is 2.92. The van der Waals surface area contributed by atoms with Crippen LogP contribution in [0.4, 0.5) is 0 Å². The summed E-state index contributed by atoms with van der Waals surface area (Å²) in [5.74, 6) is 0.323. The van der Waals surface area contributed by atoms with Crippen molar-refractivity contribution in [2.24, 2.45) is 0 Å². The van der Waals surface area contributed by atoms with E-state index in [0.29, 0.717) is 11.1 Å². The van der Waals surface area contributed by atoms with Crippen molar-refractivity contribution in [2.75, 3.05) is 5.33 Å². The predicted octanol–water partition coefficient (Wildman–Crippen LogP) is 4.23. The predicted molar refractivity (Wildman–Crippen MR) is 78.3 cm³/mol. The second-order valence-corrected chi connectivity index (χ2v) is 5.62. The SMILES string of the molecule is O=C(CBr)C1(c2ccc3ccccc3c2)CCC1. The van der Waals surface area contributed by atoms with Crippen LogP contribution in [-0.4, -0.2) is 11.1 Å². The van der Waals surface area contributed by atoms with Crippen molar-refractivity contribution in [2.45, 2.75) is 24.7 Å². The molecule has 0 heterocycles. The highest BCUT2D eigenvalue weighted by Gasteiger charge is 2.44. The first-order valence-corrected chi connectivity index (χ1v) is 7.47. The van der Waals surface area contributed by atoms with Gasteiger partial charge >= 0.3 is 0 Å². The lowest BCUT2D eigenvalue weighted by atomic mass is 9.62. The summed E-state index contributed by atoms with van der Waals surface area (Å²) in [6.07, 6.45) is 3.15. The molecule has 3 rings (SSSR count). The minimum atomic E-state index is -0.215. The van der Waals surface area contributed by atoms with Gasteiger partial charge in [-0.2, -0.15) is 0 Å². The Balaban J connectivity index is 2.10. The minimum Gasteiger partial charge on any atom is -0.298 e. The van der Waals surface area contributed by atoms with Gasteiger partial charge in [0.25, 0.3) is 0 Å². The van der Waals surface area contributed by atoms with Crippen LogP contribution in [0.3, 0.4) is 0 Å². The third-order valence-electron chi connectivity index (χ3n) is 4.16. The second-order valence-electron chi connectivity index (χ2n) is 5.05. The quantitative estimate of drug-likeness (QED) is 0.776. The number of carbonyl (C=O) groups excluding carboxylic acids is 1. The van der Waals surface area contributed by atoms with Gasteiger partial charge in [-0.3, -0.25) is 4.79 Å². The van der Waals surface area contributed by atoms with Gasteiger partial charge in [-0.25, -0.2) is 0 Å². The first kappa shape index (κ1) is 11.9. The number of carbonyl (C=O) groups is 1. The zero-order valence-corrected chi connectivity index (χ0v) is 11.7. The molecule has 0 spiro atoms. The summed E-state index contributed by atoms with van der Waals surface area (Å²) < 4.78 is 0. The van der Waals surface area contributed by atoms with Gasteiger partial charge in [0, 0.05) is 0 Å². The summed E-state index contributed by atoms with van der Waals surface area (Å²) in [6.45, 7) is 0. The molecule has 1 nitrogen and oxygen atoms in total. The molecule has 1 fully saturated rings. The average Bonchev–Trinajstić information content (AvgIpc) is 2.37. The summed E-state index contributed by atoms with van der Waals surface area (Å²) in [7, 11) is 0. The van der Waals surface area contributed by atoms with Crippen LogP contribution >= 0.6 is 15.9 Å². The first-order chi connectivity index (χ1) is 8.76. The van der Waals surface area contributed by atoms with Gasteiger partial charge in [0.05, 0.1) is 10.7 Å². The largest absolute Gasteiger partial charge is 0.298 e. The molecule has 0 atom stereocenters. The Labute approximate surface area is 115 Å². The molecule has 2 aromatic rings. The molecule has 2 heteroatoms. The number of halogens is 1. The molecule has 0 bridgehead atoms. The van der Waals surface area contributed by atoms with Crippen LogP contribution in [0, 0.1) is 0 Å². The van der Waals surface area contributed by atoms with Gasteiger partial charge in [0.2, 0.25) is 0 Å². The van der Waals surface area contributed by atoms with Gasteiger partial charge in [0.1, 0.15) is 0 Å². The molecule has 0 aliphatic heterocycles. The van der Waals surface area contributed by atoms with Gasteiger partial charge in [-0.15, -0.1) is 0 Å². The fourth-order valence-corrected chi connectivity index (χ4v) is 3.41. The normalized spacial score (nSPS) is 17.4. The van der Waals surface area contributed by atoms with Crippen molar-refractivity contribution in [3.63, 3.8) is 0 Å². The Morgan fingerprint density at radius 1 is 1.11 bits per heavy atom. The molecule has 0 aromatic heterocycles. The maximum atomic E-state index is 12.2. The molecular formula is C16H15BrO. The van der Waals surface area contributed by atoms with Crippen LogP contribution < -0.4 is 0 Å². The molecule has 0 unspecified atom stereocenters. The van der Waals surface area contributed by atoms with E-state index in [9.17, 15) is 4.79 Å². The Morgan fingerprint density at radius 2 is 1.83 bits per heavy atom. The molecule has 18 heavy (non-hydrogen) atoms.